The van der Waals surface area contributed by atoms with Crippen LogP contribution in [0.1, 0.15) is 25.7 Å². The summed E-state index contributed by atoms with van der Waals surface area (Å²) < 4.78 is 0. The van der Waals surface area contributed by atoms with Crippen LogP contribution in [0.2, 0.25) is 0 Å². The summed E-state index contributed by atoms with van der Waals surface area (Å²) in [5, 5.41) is 0.664. The fraction of sp³-hybridized carbons (Fsp3) is 0.778. The summed E-state index contributed by atoms with van der Waals surface area (Å²) in [5.74, 6) is 2.43. The van der Waals surface area contributed by atoms with Crippen molar-refractivity contribution in [3.05, 3.63) is 12.2 Å². The molecule has 0 radical (unpaired) electrons. The molecule has 0 N–H and O–H groups in total. The number of carbonyl (C=O) groups excluding carboxylic acids is 2. The highest BCUT2D eigenvalue weighted by molar-refractivity contribution is 9.09. The summed E-state index contributed by atoms with van der Waals surface area (Å²) in [6.45, 7) is 5.99. The highest BCUT2D eigenvalue weighted by atomic mass is 79.9. The Morgan fingerprint density at radius 2 is 2.05 bits per heavy atom. The van der Waals surface area contributed by atoms with Crippen LogP contribution < -0.4 is 0 Å². The van der Waals surface area contributed by atoms with Gasteiger partial charge in [-0.1, -0.05) is 28.1 Å². The first kappa shape index (κ1) is 13.8. The lowest BCUT2D eigenvalue weighted by Gasteiger charge is -2.47. The number of likely N-dealkylation sites (tertiary alicyclic amines) is 1. The number of nitrogens with zero attached hydrogens (tertiary/aromatic N) is 1. The molecule has 1 heterocycles. The molecule has 0 aromatic rings. The summed E-state index contributed by atoms with van der Waals surface area (Å²) in [6.07, 6.45) is 4.53. The zero-order chi connectivity index (χ0) is 15.2. The van der Waals surface area contributed by atoms with Gasteiger partial charge >= 0.3 is 0 Å². The van der Waals surface area contributed by atoms with Gasteiger partial charge in [0.1, 0.15) is 5.78 Å². The lowest BCUT2D eigenvalue weighted by atomic mass is 9.57. The minimum atomic E-state index is -0.412. The number of allylic oxidation sites excluding steroid dienone is 1. The first-order chi connectivity index (χ1) is 10.6. The van der Waals surface area contributed by atoms with Gasteiger partial charge in [-0.15, -0.1) is 0 Å². The maximum Gasteiger partial charge on any atom is 0.227 e. The Balaban J connectivity index is 1.57. The van der Waals surface area contributed by atoms with Gasteiger partial charge in [-0.2, -0.15) is 0 Å². The van der Waals surface area contributed by atoms with E-state index in [-0.39, 0.29) is 17.7 Å². The molecule has 4 heteroatoms. The summed E-state index contributed by atoms with van der Waals surface area (Å²) >= 11 is 3.64. The lowest BCUT2D eigenvalue weighted by molar-refractivity contribution is -0.147. The molecule has 7 atom stereocenters. The molecule has 5 aliphatic rings. The third-order valence-electron chi connectivity index (χ3n) is 7.62. The number of ketones is 1. The Morgan fingerprint density at radius 1 is 1.32 bits per heavy atom. The highest BCUT2D eigenvalue weighted by Crippen LogP contribution is 2.79. The zero-order valence-corrected chi connectivity index (χ0v) is 14.3. The number of carbonyl (C=O) groups is 2. The zero-order valence-electron chi connectivity index (χ0n) is 12.8. The van der Waals surface area contributed by atoms with Gasteiger partial charge in [0.05, 0.1) is 11.3 Å². The number of alkyl halides is 1. The van der Waals surface area contributed by atoms with E-state index in [0.717, 1.165) is 37.9 Å². The molecule has 4 saturated carbocycles. The topological polar surface area (TPSA) is 37.4 Å². The number of fused-ring (bicyclic) bond motifs is 2. The third-order valence-corrected chi connectivity index (χ3v) is 8.55. The molecule has 5 fully saturated rings. The van der Waals surface area contributed by atoms with Crippen molar-refractivity contribution in [2.45, 2.75) is 25.7 Å². The number of hydrogen-bond donors (Lipinski definition) is 0. The number of amides is 1. The predicted octanol–water partition coefficient (Wildman–Crippen LogP) is 2.65. The van der Waals surface area contributed by atoms with Gasteiger partial charge in [0, 0.05) is 24.3 Å². The van der Waals surface area contributed by atoms with E-state index in [0.29, 0.717) is 34.8 Å². The van der Waals surface area contributed by atoms with Gasteiger partial charge in [0.25, 0.3) is 0 Å². The molecule has 22 heavy (non-hydrogen) atoms. The Labute approximate surface area is 139 Å². The van der Waals surface area contributed by atoms with Crippen molar-refractivity contribution >= 4 is 27.6 Å². The van der Waals surface area contributed by atoms with Crippen molar-refractivity contribution in [1.29, 1.82) is 0 Å². The number of Topliss-reactive ketones (excluding diaryl/α,β-unsaturated/α-hetero) is 1. The molecule has 4 aliphatic carbocycles. The van der Waals surface area contributed by atoms with E-state index in [2.05, 4.69) is 27.4 Å². The second kappa shape index (κ2) is 4.25. The van der Waals surface area contributed by atoms with E-state index in [1.165, 1.54) is 6.42 Å². The Hall–Kier alpha value is -0.640. The standard InChI is InChI=1S/C18H22BrNO2/c1-9-12-10-7-11-14(12)13(9)16(21)18(11,8-19)15(10)17(22)20-5-3-2-4-6-20/h10-15H,1-8H2/t10-,11+,12-,13-,14+,15+,18+/m0/s1. The Bertz CT molecular complexity index is 596. The summed E-state index contributed by atoms with van der Waals surface area (Å²) in [4.78, 5) is 28.5. The van der Waals surface area contributed by atoms with Crippen LogP contribution in [0.3, 0.4) is 0 Å². The SMILES string of the molecule is C=C1[C@@H]2C(=O)[C@]3(CBr)[C@@H]4C[C@@H]([C@H]1[C@H]24)[C@@H]3C(=O)N1CCCCC1. The van der Waals surface area contributed by atoms with E-state index < -0.39 is 5.41 Å². The second-order valence-electron chi connectivity index (χ2n) is 8.06. The maximum absolute atomic E-state index is 13.3. The van der Waals surface area contributed by atoms with E-state index >= 15 is 0 Å². The number of hydrogen-bond acceptors (Lipinski definition) is 2. The molecular formula is C18H22BrNO2. The monoisotopic (exact) mass is 363 g/mol. The molecule has 2 bridgehead atoms. The first-order valence-electron chi connectivity index (χ1n) is 8.70. The number of piperidine rings is 1. The normalized spacial score (nSPS) is 51.4. The van der Waals surface area contributed by atoms with Crippen LogP contribution in [-0.4, -0.2) is 35.0 Å². The molecule has 0 aromatic carbocycles. The minimum absolute atomic E-state index is 0.0759. The van der Waals surface area contributed by atoms with E-state index in [9.17, 15) is 9.59 Å². The van der Waals surface area contributed by atoms with E-state index in [1.54, 1.807) is 0 Å². The molecule has 0 unspecified atom stereocenters. The van der Waals surface area contributed by atoms with E-state index in [1.807, 2.05) is 0 Å². The van der Waals surface area contributed by atoms with Crippen molar-refractivity contribution in [3.8, 4) is 0 Å². The van der Waals surface area contributed by atoms with Crippen LogP contribution >= 0.6 is 15.9 Å². The van der Waals surface area contributed by atoms with Gasteiger partial charge in [-0.05, 0) is 49.4 Å². The molecular weight excluding hydrogens is 342 g/mol. The smallest absolute Gasteiger partial charge is 0.227 e. The average Bonchev–Trinajstić information content (AvgIpc) is 3.06. The van der Waals surface area contributed by atoms with Crippen LogP contribution in [0.25, 0.3) is 0 Å². The Kier molecular flexibility index (Phi) is 2.66. The fourth-order valence-corrected chi connectivity index (χ4v) is 7.91. The molecule has 1 amide bonds. The minimum Gasteiger partial charge on any atom is -0.342 e. The summed E-state index contributed by atoms with van der Waals surface area (Å²) in [6, 6.07) is 0. The summed E-state index contributed by atoms with van der Waals surface area (Å²) in [7, 11) is 0. The van der Waals surface area contributed by atoms with Crippen LogP contribution in [0, 0.1) is 40.9 Å². The van der Waals surface area contributed by atoms with Gasteiger partial charge in [0.15, 0.2) is 0 Å². The van der Waals surface area contributed by atoms with Crippen LogP contribution in [0.5, 0.6) is 0 Å². The van der Waals surface area contributed by atoms with Crippen molar-refractivity contribution in [2.24, 2.45) is 40.9 Å². The number of halogens is 1. The largest absolute Gasteiger partial charge is 0.342 e. The van der Waals surface area contributed by atoms with Crippen molar-refractivity contribution in [1.82, 2.24) is 4.90 Å². The fourth-order valence-electron chi connectivity index (χ4n) is 6.87. The number of rotatable bonds is 2. The average molecular weight is 364 g/mol. The van der Waals surface area contributed by atoms with Gasteiger partial charge in [0.2, 0.25) is 5.91 Å². The molecule has 0 spiro atoms. The molecule has 1 saturated heterocycles. The van der Waals surface area contributed by atoms with Crippen molar-refractivity contribution < 1.29 is 9.59 Å². The predicted molar refractivity (Wildman–Crippen MR) is 86.4 cm³/mol. The van der Waals surface area contributed by atoms with Crippen LogP contribution in [-0.2, 0) is 9.59 Å². The van der Waals surface area contributed by atoms with Crippen molar-refractivity contribution in [2.75, 3.05) is 18.4 Å². The van der Waals surface area contributed by atoms with Crippen molar-refractivity contribution in [3.63, 3.8) is 0 Å². The maximum atomic E-state index is 13.3. The Morgan fingerprint density at radius 3 is 2.73 bits per heavy atom. The molecule has 1 aliphatic heterocycles. The molecule has 118 valence electrons. The third kappa shape index (κ3) is 1.25. The lowest BCUT2D eigenvalue weighted by Crippen LogP contribution is -2.52. The highest BCUT2D eigenvalue weighted by Gasteiger charge is 2.81. The second-order valence-corrected chi connectivity index (χ2v) is 8.62. The molecule has 3 nitrogen and oxygen atoms in total. The van der Waals surface area contributed by atoms with Gasteiger partial charge in [-0.25, -0.2) is 0 Å². The van der Waals surface area contributed by atoms with Gasteiger partial charge in [-0.3, -0.25) is 9.59 Å². The van der Waals surface area contributed by atoms with Gasteiger partial charge < -0.3 is 4.90 Å². The van der Waals surface area contributed by atoms with Crippen LogP contribution in [0.15, 0.2) is 12.2 Å². The van der Waals surface area contributed by atoms with Crippen LogP contribution in [0.4, 0.5) is 0 Å². The van der Waals surface area contributed by atoms with E-state index in [4.69, 9.17) is 0 Å². The first-order valence-corrected chi connectivity index (χ1v) is 9.83. The summed E-state index contributed by atoms with van der Waals surface area (Å²) in [5.41, 5.74) is 0.740. The quantitative estimate of drug-likeness (QED) is 0.558. The molecule has 5 rings (SSSR count). The molecule has 0 aromatic heterocycles.